The van der Waals surface area contributed by atoms with Crippen molar-refractivity contribution >= 4 is 16.6 Å². The van der Waals surface area contributed by atoms with E-state index in [1.54, 1.807) is 0 Å². The number of nitrogens with zero attached hydrogens (tertiary/aromatic N) is 1. The number of benzene rings is 2. The van der Waals surface area contributed by atoms with Crippen LogP contribution in [0.5, 0.6) is 0 Å². The van der Waals surface area contributed by atoms with Crippen molar-refractivity contribution in [3.8, 4) is 0 Å². The van der Waals surface area contributed by atoms with Crippen LogP contribution >= 0.6 is 0 Å². The lowest BCUT2D eigenvalue weighted by Crippen LogP contribution is -2.01. The third kappa shape index (κ3) is 2.17. The highest BCUT2D eigenvalue weighted by atomic mass is 14.7. The summed E-state index contributed by atoms with van der Waals surface area (Å²) in [5.41, 5.74) is 10.2. The van der Waals surface area contributed by atoms with E-state index in [1.165, 1.54) is 5.56 Å². The van der Waals surface area contributed by atoms with Gasteiger partial charge in [0.25, 0.3) is 0 Å². The van der Waals surface area contributed by atoms with Gasteiger partial charge in [-0.15, -0.1) is 0 Å². The second-order valence-electron chi connectivity index (χ2n) is 4.79. The Morgan fingerprint density at radius 1 is 0.947 bits per heavy atom. The first-order valence-electron chi connectivity index (χ1n) is 6.46. The van der Waals surface area contributed by atoms with Crippen molar-refractivity contribution in [2.75, 3.05) is 5.73 Å². The van der Waals surface area contributed by atoms with Gasteiger partial charge in [-0.3, -0.25) is 4.98 Å². The molecule has 0 fully saturated rings. The van der Waals surface area contributed by atoms with E-state index in [4.69, 9.17) is 10.7 Å². The van der Waals surface area contributed by atoms with Crippen LogP contribution in [0.15, 0.2) is 60.7 Å². The molecule has 0 amide bonds. The van der Waals surface area contributed by atoms with Crippen LogP contribution in [0, 0.1) is 0 Å². The minimum Gasteiger partial charge on any atom is -0.398 e. The number of fused-ring (bicyclic) bond motifs is 1. The van der Waals surface area contributed by atoms with Crippen molar-refractivity contribution < 1.29 is 0 Å². The predicted octanol–water partition coefficient (Wildman–Crippen LogP) is 3.97. The number of para-hydroxylation sites is 1. The van der Waals surface area contributed by atoms with Crippen molar-refractivity contribution in [2.24, 2.45) is 0 Å². The molecular formula is C17H16N2. The van der Waals surface area contributed by atoms with Crippen LogP contribution in [0.1, 0.15) is 24.1 Å². The molecule has 94 valence electrons. The zero-order valence-electron chi connectivity index (χ0n) is 10.9. The molecule has 0 saturated heterocycles. The molecule has 2 heteroatoms. The maximum Gasteiger partial charge on any atom is 0.0726 e. The Morgan fingerprint density at radius 2 is 1.63 bits per heavy atom. The number of pyridine rings is 1. The maximum absolute atomic E-state index is 6.13. The first-order valence-corrected chi connectivity index (χ1v) is 6.46. The van der Waals surface area contributed by atoms with Crippen molar-refractivity contribution in [3.05, 3.63) is 71.9 Å². The first kappa shape index (κ1) is 11.7. The SMILES string of the molecule is CC(c1ccccc1)c1cc(N)c2ccccc2n1. The second-order valence-corrected chi connectivity index (χ2v) is 4.79. The van der Waals surface area contributed by atoms with Crippen LogP contribution in [0.3, 0.4) is 0 Å². The third-order valence-corrected chi connectivity index (χ3v) is 3.51. The van der Waals surface area contributed by atoms with Gasteiger partial charge in [0.1, 0.15) is 0 Å². The number of nitrogens with two attached hydrogens (primary N) is 1. The molecule has 3 aromatic rings. The van der Waals surface area contributed by atoms with Gasteiger partial charge in [-0.2, -0.15) is 0 Å². The average Bonchev–Trinajstić information content (AvgIpc) is 2.47. The van der Waals surface area contributed by atoms with Crippen molar-refractivity contribution in [2.45, 2.75) is 12.8 Å². The first-order chi connectivity index (χ1) is 9.25. The summed E-state index contributed by atoms with van der Waals surface area (Å²) < 4.78 is 0. The Hall–Kier alpha value is -2.35. The van der Waals surface area contributed by atoms with Gasteiger partial charge in [0.2, 0.25) is 0 Å². The number of anilines is 1. The van der Waals surface area contributed by atoms with E-state index in [-0.39, 0.29) is 5.92 Å². The molecule has 0 saturated carbocycles. The number of rotatable bonds is 2. The molecule has 1 unspecified atom stereocenters. The second kappa shape index (κ2) is 4.73. The van der Waals surface area contributed by atoms with Crippen LogP contribution in [-0.2, 0) is 0 Å². The van der Waals surface area contributed by atoms with Gasteiger partial charge in [-0.1, -0.05) is 55.5 Å². The van der Waals surface area contributed by atoms with Crippen molar-refractivity contribution in [1.29, 1.82) is 0 Å². The van der Waals surface area contributed by atoms with E-state index in [2.05, 4.69) is 31.2 Å². The Balaban J connectivity index is 2.11. The Kier molecular flexibility index (Phi) is 2.92. The molecule has 2 nitrogen and oxygen atoms in total. The summed E-state index contributed by atoms with van der Waals surface area (Å²) >= 11 is 0. The molecular weight excluding hydrogens is 232 g/mol. The standard InChI is InChI=1S/C17H16N2/c1-12(13-7-3-2-4-8-13)17-11-15(18)14-9-5-6-10-16(14)19-17/h2-12H,1H3,(H2,18,19). The summed E-state index contributed by atoms with van der Waals surface area (Å²) in [7, 11) is 0. The molecule has 0 aliphatic carbocycles. The summed E-state index contributed by atoms with van der Waals surface area (Å²) in [4.78, 5) is 4.73. The molecule has 19 heavy (non-hydrogen) atoms. The summed E-state index contributed by atoms with van der Waals surface area (Å²) in [6.45, 7) is 2.16. The highest BCUT2D eigenvalue weighted by Crippen LogP contribution is 2.27. The molecule has 0 aliphatic rings. The molecule has 0 radical (unpaired) electrons. The molecule has 0 bridgehead atoms. The van der Waals surface area contributed by atoms with Gasteiger partial charge in [-0.25, -0.2) is 0 Å². The number of nitrogen functional groups attached to an aromatic ring is 1. The summed E-state index contributed by atoms with van der Waals surface area (Å²) in [6.07, 6.45) is 0. The van der Waals surface area contributed by atoms with Crippen molar-refractivity contribution in [1.82, 2.24) is 4.98 Å². The number of hydrogen-bond donors (Lipinski definition) is 1. The van der Waals surface area contributed by atoms with E-state index < -0.39 is 0 Å². The fraction of sp³-hybridized carbons (Fsp3) is 0.118. The van der Waals surface area contributed by atoms with E-state index in [9.17, 15) is 0 Å². The van der Waals surface area contributed by atoms with Crippen LogP contribution in [0.25, 0.3) is 10.9 Å². The van der Waals surface area contributed by atoms with E-state index >= 15 is 0 Å². The number of aromatic nitrogens is 1. The largest absolute Gasteiger partial charge is 0.398 e. The molecule has 2 aromatic carbocycles. The van der Waals surface area contributed by atoms with Crippen molar-refractivity contribution in [3.63, 3.8) is 0 Å². The Morgan fingerprint density at radius 3 is 2.42 bits per heavy atom. The van der Waals surface area contributed by atoms with Gasteiger partial charge in [-0.05, 0) is 17.7 Å². The minimum atomic E-state index is 0.244. The van der Waals surface area contributed by atoms with Crippen LogP contribution in [0.4, 0.5) is 5.69 Å². The van der Waals surface area contributed by atoms with Gasteiger partial charge in [0.15, 0.2) is 0 Å². The average molecular weight is 248 g/mol. The van der Waals surface area contributed by atoms with E-state index in [1.807, 2.05) is 36.4 Å². The third-order valence-electron chi connectivity index (χ3n) is 3.51. The van der Waals surface area contributed by atoms with Crippen LogP contribution < -0.4 is 5.73 Å². The summed E-state index contributed by atoms with van der Waals surface area (Å²) in [5.74, 6) is 0.244. The molecule has 2 N–H and O–H groups in total. The molecule has 1 aromatic heterocycles. The van der Waals surface area contributed by atoms with Gasteiger partial charge in [0, 0.05) is 17.0 Å². The monoisotopic (exact) mass is 248 g/mol. The zero-order chi connectivity index (χ0) is 13.2. The van der Waals surface area contributed by atoms with Gasteiger partial charge < -0.3 is 5.73 Å². The smallest absolute Gasteiger partial charge is 0.0726 e. The van der Waals surface area contributed by atoms with Crippen LogP contribution in [-0.4, -0.2) is 4.98 Å². The highest BCUT2D eigenvalue weighted by Gasteiger charge is 2.11. The molecule has 1 atom stereocenters. The summed E-state index contributed by atoms with van der Waals surface area (Å²) in [5, 5.41) is 1.02. The minimum absolute atomic E-state index is 0.244. The lowest BCUT2D eigenvalue weighted by atomic mass is 9.96. The zero-order valence-corrected chi connectivity index (χ0v) is 10.9. The van der Waals surface area contributed by atoms with Gasteiger partial charge in [0.05, 0.1) is 11.2 Å². The molecule has 1 heterocycles. The number of hydrogen-bond acceptors (Lipinski definition) is 2. The maximum atomic E-state index is 6.13. The highest BCUT2D eigenvalue weighted by molar-refractivity contribution is 5.90. The molecule has 0 spiro atoms. The Bertz CT molecular complexity index is 705. The van der Waals surface area contributed by atoms with E-state index in [0.717, 1.165) is 22.3 Å². The quantitative estimate of drug-likeness (QED) is 0.745. The van der Waals surface area contributed by atoms with Gasteiger partial charge >= 0.3 is 0 Å². The lowest BCUT2D eigenvalue weighted by Gasteiger charge is -2.13. The lowest BCUT2D eigenvalue weighted by molar-refractivity contribution is 0.881. The molecule has 0 aliphatic heterocycles. The van der Waals surface area contributed by atoms with Crippen LogP contribution in [0.2, 0.25) is 0 Å². The topological polar surface area (TPSA) is 38.9 Å². The molecule has 3 rings (SSSR count). The Labute approximate surface area is 112 Å². The normalized spacial score (nSPS) is 12.5. The predicted molar refractivity (Wildman–Crippen MR) is 80.1 cm³/mol. The fourth-order valence-electron chi connectivity index (χ4n) is 2.36. The fourth-order valence-corrected chi connectivity index (χ4v) is 2.36. The summed E-state index contributed by atoms with van der Waals surface area (Å²) in [6, 6.07) is 20.4. The van der Waals surface area contributed by atoms with E-state index in [0.29, 0.717) is 0 Å².